The summed E-state index contributed by atoms with van der Waals surface area (Å²) in [6.45, 7) is 5.35. The highest BCUT2D eigenvalue weighted by molar-refractivity contribution is 6.31. The number of rotatable bonds is 7. The highest BCUT2D eigenvalue weighted by Gasteiger charge is 2.41. The summed E-state index contributed by atoms with van der Waals surface area (Å²) in [6, 6.07) is 13.8. The fraction of sp³-hybridized carbons (Fsp3) is 0.333. The molecule has 2 fully saturated rings. The van der Waals surface area contributed by atoms with Crippen molar-refractivity contribution in [3.63, 3.8) is 0 Å². The number of aromatic nitrogens is 2. The van der Waals surface area contributed by atoms with Crippen molar-refractivity contribution in [3.05, 3.63) is 83.3 Å². The number of anilines is 2. The number of hydrogen-bond donors (Lipinski definition) is 1. The van der Waals surface area contributed by atoms with E-state index in [1.54, 1.807) is 29.3 Å². The molecule has 3 heterocycles. The van der Waals surface area contributed by atoms with Gasteiger partial charge in [0.1, 0.15) is 5.56 Å². The first-order valence-electron chi connectivity index (χ1n) is 13.6. The van der Waals surface area contributed by atoms with E-state index in [1.807, 2.05) is 6.07 Å². The van der Waals surface area contributed by atoms with Crippen LogP contribution in [0, 0.1) is 5.92 Å². The van der Waals surface area contributed by atoms with Crippen LogP contribution in [0.2, 0.25) is 5.02 Å². The van der Waals surface area contributed by atoms with Crippen molar-refractivity contribution in [2.45, 2.75) is 19.0 Å². The number of piperazine rings is 1. The lowest BCUT2D eigenvalue weighted by molar-refractivity contribution is -0.143. The molecule has 2 aliphatic heterocycles. The molecule has 1 N–H and O–H groups in total. The molecule has 0 amide bonds. The van der Waals surface area contributed by atoms with Gasteiger partial charge in [-0.1, -0.05) is 29.8 Å². The molecule has 0 unspecified atom stereocenters. The third-order valence-corrected chi connectivity index (χ3v) is 8.06. The van der Waals surface area contributed by atoms with Crippen LogP contribution in [0.5, 0.6) is 0 Å². The largest absolute Gasteiger partial charge is 0.478 e. The van der Waals surface area contributed by atoms with Gasteiger partial charge in [-0.15, -0.1) is 0 Å². The monoisotopic (exact) mass is 583 g/mol. The van der Waals surface area contributed by atoms with Crippen LogP contribution >= 0.6 is 11.6 Å². The van der Waals surface area contributed by atoms with Crippen LogP contribution in [0.1, 0.15) is 28.9 Å². The maximum atomic E-state index is 13.8. The molecule has 214 valence electrons. The molecule has 3 aromatic rings. The molecular formula is C30H29ClF3N5O2. The van der Waals surface area contributed by atoms with Crippen LogP contribution in [0.15, 0.2) is 67.0 Å². The molecule has 0 spiro atoms. The van der Waals surface area contributed by atoms with Gasteiger partial charge in [-0.2, -0.15) is 18.3 Å². The average molecular weight is 584 g/mol. The van der Waals surface area contributed by atoms with Gasteiger partial charge in [0.15, 0.2) is 5.69 Å². The minimum absolute atomic E-state index is 0.0247. The normalized spacial score (nSPS) is 18.1. The number of carboxylic acids is 1. The first-order chi connectivity index (χ1) is 19.7. The number of halogens is 4. The van der Waals surface area contributed by atoms with E-state index in [1.165, 1.54) is 25.5 Å². The highest BCUT2D eigenvalue weighted by Crippen LogP contribution is 2.38. The molecule has 6 rings (SSSR count). The lowest BCUT2D eigenvalue weighted by Crippen LogP contribution is -2.47. The van der Waals surface area contributed by atoms with E-state index in [4.69, 9.17) is 11.6 Å². The molecule has 3 aliphatic rings. The van der Waals surface area contributed by atoms with Crippen molar-refractivity contribution in [3.8, 4) is 11.1 Å². The summed E-state index contributed by atoms with van der Waals surface area (Å²) in [5.41, 5.74) is 1.64. The number of carbonyl (C=O) groups is 1. The lowest BCUT2D eigenvalue weighted by atomic mass is 10.0. The lowest BCUT2D eigenvalue weighted by Gasteiger charge is -2.36. The zero-order chi connectivity index (χ0) is 28.7. The fourth-order valence-electron chi connectivity index (χ4n) is 5.53. The van der Waals surface area contributed by atoms with Crippen LogP contribution in [-0.2, 0) is 6.18 Å². The Morgan fingerprint density at radius 2 is 1.78 bits per heavy atom. The molecule has 41 heavy (non-hydrogen) atoms. The molecule has 1 aromatic heterocycles. The van der Waals surface area contributed by atoms with Gasteiger partial charge in [0.25, 0.3) is 0 Å². The SMILES string of the molecule is O=C(O)c1cnn(C2=CC=CN(c3cc(Cl)ccc3-c3ccc(N4CCN(CC5CC5)CC4)cc3)C2)c1C(F)(F)F. The Kier molecular flexibility index (Phi) is 7.29. The molecule has 7 nitrogen and oxygen atoms in total. The summed E-state index contributed by atoms with van der Waals surface area (Å²) in [5.74, 6) is -0.794. The van der Waals surface area contributed by atoms with Crippen LogP contribution in [0.25, 0.3) is 16.8 Å². The summed E-state index contributed by atoms with van der Waals surface area (Å²) in [4.78, 5) is 18.2. The zero-order valence-electron chi connectivity index (χ0n) is 22.2. The van der Waals surface area contributed by atoms with Crippen molar-refractivity contribution in [2.75, 3.05) is 49.1 Å². The predicted octanol–water partition coefficient (Wildman–Crippen LogP) is 6.33. The Labute approximate surface area is 240 Å². The van der Waals surface area contributed by atoms with Gasteiger partial charge in [0.05, 0.1) is 24.1 Å². The third-order valence-electron chi connectivity index (χ3n) is 7.83. The van der Waals surface area contributed by atoms with E-state index in [9.17, 15) is 23.1 Å². The quantitative estimate of drug-likeness (QED) is 0.351. The van der Waals surface area contributed by atoms with Crippen LogP contribution in [0.4, 0.5) is 24.5 Å². The summed E-state index contributed by atoms with van der Waals surface area (Å²) in [5, 5.41) is 13.6. The number of hydrogen-bond acceptors (Lipinski definition) is 5. The van der Waals surface area contributed by atoms with Crippen LogP contribution < -0.4 is 9.80 Å². The molecule has 0 atom stereocenters. The first-order valence-corrected chi connectivity index (χ1v) is 14.0. The summed E-state index contributed by atoms with van der Waals surface area (Å²) in [7, 11) is 0. The van der Waals surface area contributed by atoms with Gasteiger partial charge in [0, 0.05) is 55.2 Å². The van der Waals surface area contributed by atoms with Crippen molar-refractivity contribution in [1.82, 2.24) is 14.7 Å². The second-order valence-corrected chi connectivity index (χ2v) is 11.1. The molecule has 1 saturated carbocycles. The van der Waals surface area contributed by atoms with E-state index >= 15 is 0 Å². The maximum absolute atomic E-state index is 13.8. The first kappa shape index (κ1) is 27.4. The minimum atomic E-state index is -4.90. The van der Waals surface area contributed by atoms with Crippen molar-refractivity contribution >= 4 is 34.6 Å². The number of nitrogens with zero attached hydrogens (tertiary/aromatic N) is 5. The van der Waals surface area contributed by atoms with Gasteiger partial charge < -0.3 is 14.9 Å². The maximum Gasteiger partial charge on any atom is 0.434 e. The Morgan fingerprint density at radius 1 is 1.05 bits per heavy atom. The van der Waals surface area contributed by atoms with E-state index in [0.717, 1.165) is 55.1 Å². The second kappa shape index (κ2) is 10.9. The number of carboxylic acid groups (broad SMARTS) is 1. The van der Waals surface area contributed by atoms with Gasteiger partial charge >= 0.3 is 12.1 Å². The van der Waals surface area contributed by atoms with E-state index in [-0.39, 0.29) is 12.2 Å². The number of aromatic carboxylic acids is 1. The van der Waals surface area contributed by atoms with E-state index < -0.39 is 23.4 Å². The summed E-state index contributed by atoms with van der Waals surface area (Å²) < 4.78 is 42.2. The van der Waals surface area contributed by atoms with Crippen molar-refractivity contribution < 1.29 is 23.1 Å². The molecule has 1 aliphatic carbocycles. The van der Waals surface area contributed by atoms with Crippen molar-refractivity contribution in [2.24, 2.45) is 5.92 Å². The summed E-state index contributed by atoms with van der Waals surface area (Å²) >= 11 is 6.37. The molecule has 2 aromatic carbocycles. The Morgan fingerprint density at radius 3 is 2.44 bits per heavy atom. The van der Waals surface area contributed by atoms with Gasteiger partial charge in [-0.25, -0.2) is 9.48 Å². The number of alkyl halides is 3. The summed E-state index contributed by atoms with van der Waals surface area (Å²) in [6.07, 6.45) is 3.41. The average Bonchev–Trinajstić information content (AvgIpc) is 3.65. The molecular weight excluding hydrogens is 555 g/mol. The van der Waals surface area contributed by atoms with E-state index in [2.05, 4.69) is 39.2 Å². The topological polar surface area (TPSA) is 64.8 Å². The fourth-order valence-corrected chi connectivity index (χ4v) is 5.70. The number of allylic oxidation sites excluding steroid dienone is 2. The van der Waals surface area contributed by atoms with Crippen LogP contribution in [-0.4, -0.2) is 65.0 Å². The smallest absolute Gasteiger partial charge is 0.434 e. The highest BCUT2D eigenvalue weighted by atomic mass is 35.5. The standard InChI is InChI=1S/C30H29ClF3N5O2/c31-22-7-10-25(21-5-8-23(9-6-21)37-14-12-36(13-15-37)18-20-3-4-20)27(16-22)38-11-1-2-24(19-38)39-28(30(32,33)34)26(17-35-39)29(40)41/h1-2,5-11,16-17,20H,3-4,12-15,18-19H2,(H,40,41). The molecule has 0 radical (unpaired) electrons. The third kappa shape index (κ3) is 5.85. The Balaban J connectivity index is 1.23. The molecule has 11 heteroatoms. The van der Waals surface area contributed by atoms with Gasteiger partial charge in [0.2, 0.25) is 0 Å². The zero-order valence-corrected chi connectivity index (χ0v) is 22.9. The van der Waals surface area contributed by atoms with Crippen molar-refractivity contribution in [1.29, 1.82) is 0 Å². The van der Waals surface area contributed by atoms with E-state index in [0.29, 0.717) is 15.4 Å². The van der Waals surface area contributed by atoms with Gasteiger partial charge in [-0.3, -0.25) is 4.90 Å². The molecule has 1 saturated heterocycles. The Hall–Kier alpha value is -3.76. The van der Waals surface area contributed by atoms with Gasteiger partial charge in [-0.05, 0) is 60.7 Å². The number of benzene rings is 2. The van der Waals surface area contributed by atoms with Crippen LogP contribution in [0.3, 0.4) is 0 Å². The minimum Gasteiger partial charge on any atom is -0.478 e. The second-order valence-electron chi connectivity index (χ2n) is 10.7. The Bertz CT molecular complexity index is 1500. The predicted molar refractivity (Wildman–Crippen MR) is 153 cm³/mol. The molecule has 0 bridgehead atoms.